The number of aldehydes is 1. The number of hydrogen-bond donors (Lipinski definition) is 0. The first-order valence-corrected chi connectivity index (χ1v) is 6.08. The third-order valence-electron chi connectivity index (χ3n) is 2.59. The van der Waals surface area contributed by atoms with E-state index in [9.17, 15) is 4.79 Å². The molecule has 0 atom stereocenters. The minimum atomic E-state index is 0.701. The molecule has 0 aliphatic carbocycles. The van der Waals surface area contributed by atoms with Gasteiger partial charge in [-0.05, 0) is 13.1 Å². The first-order valence-electron chi connectivity index (χ1n) is 4.88. The molecule has 1 saturated heterocycles. The van der Waals surface area contributed by atoms with Crippen molar-refractivity contribution in [2.24, 2.45) is 0 Å². The van der Waals surface area contributed by atoms with Crippen LogP contribution in [-0.2, 0) is 0 Å². The third kappa shape index (κ3) is 2.33. The van der Waals surface area contributed by atoms with E-state index in [0.29, 0.717) is 9.90 Å². The molecule has 0 bridgehead atoms. The highest BCUT2D eigenvalue weighted by atomic mass is 35.5. The summed E-state index contributed by atoms with van der Waals surface area (Å²) in [4.78, 5) is 15.9. The molecule has 1 aromatic rings. The van der Waals surface area contributed by atoms with Gasteiger partial charge < -0.3 is 9.80 Å². The van der Waals surface area contributed by atoms with Crippen LogP contribution in [-0.4, -0.2) is 44.4 Å². The average Bonchev–Trinajstić information content (AvgIpc) is 2.61. The molecular formula is C10H13ClN2OS. The van der Waals surface area contributed by atoms with Crippen LogP contribution in [0.2, 0.25) is 5.02 Å². The second-order valence-electron chi connectivity index (χ2n) is 3.71. The van der Waals surface area contributed by atoms with Crippen LogP contribution >= 0.6 is 22.9 Å². The maximum Gasteiger partial charge on any atom is 0.160 e. The van der Waals surface area contributed by atoms with Gasteiger partial charge in [-0.15, -0.1) is 11.3 Å². The van der Waals surface area contributed by atoms with Crippen molar-refractivity contribution < 1.29 is 4.79 Å². The predicted octanol–water partition coefficient (Wildman–Crippen LogP) is 1.97. The van der Waals surface area contributed by atoms with Gasteiger partial charge in [-0.25, -0.2) is 0 Å². The van der Waals surface area contributed by atoms with E-state index in [4.69, 9.17) is 11.6 Å². The number of hydrogen-bond acceptors (Lipinski definition) is 4. The Hall–Kier alpha value is -0.580. The van der Waals surface area contributed by atoms with Crippen LogP contribution in [0.15, 0.2) is 6.07 Å². The molecule has 0 spiro atoms. The smallest absolute Gasteiger partial charge is 0.160 e. The highest BCUT2D eigenvalue weighted by molar-refractivity contribution is 7.18. The summed E-state index contributed by atoms with van der Waals surface area (Å²) in [6.45, 7) is 4.05. The van der Waals surface area contributed by atoms with Crippen molar-refractivity contribution in [2.45, 2.75) is 0 Å². The quantitative estimate of drug-likeness (QED) is 0.744. The summed E-state index contributed by atoms with van der Waals surface area (Å²) in [7, 11) is 2.12. The van der Waals surface area contributed by atoms with Crippen LogP contribution < -0.4 is 4.90 Å². The summed E-state index contributed by atoms with van der Waals surface area (Å²) in [6.07, 6.45) is 0.857. The van der Waals surface area contributed by atoms with Crippen molar-refractivity contribution in [1.29, 1.82) is 0 Å². The summed E-state index contributed by atoms with van der Waals surface area (Å²) in [6, 6.07) is 1.74. The van der Waals surface area contributed by atoms with Gasteiger partial charge in [0.25, 0.3) is 0 Å². The lowest BCUT2D eigenvalue weighted by molar-refractivity contribution is 0.112. The number of rotatable bonds is 2. The summed E-state index contributed by atoms with van der Waals surface area (Å²) >= 11 is 7.56. The number of nitrogens with zero attached hydrogens (tertiary/aromatic N) is 2. The normalized spacial score (nSPS) is 18.1. The van der Waals surface area contributed by atoms with Crippen molar-refractivity contribution in [3.8, 4) is 0 Å². The van der Waals surface area contributed by atoms with Crippen molar-refractivity contribution >= 4 is 34.2 Å². The lowest BCUT2D eigenvalue weighted by atomic mass is 10.3. The molecule has 1 aromatic heterocycles. The zero-order valence-electron chi connectivity index (χ0n) is 8.57. The Balaban J connectivity index is 2.14. The first kappa shape index (κ1) is 10.9. The van der Waals surface area contributed by atoms with E-state index in [2.05, 4.69) is 16.8 Å². The Kier molecular flexibility index (Phi) is 3.29. The molecule has 1 fully saturated rings. The van der Waals surface area contributed by atoms with Gasteiger partial charge in [0.2, 0.25) is 0 Å². The Morgan fingerprint density at radius 1 is 1.40 bits per heavy atom. The van der Waals surface area contributed by atoms with Gasteiger partial charge >= 0.3 is 0 Å². The summed E-state index contributed by atoms with van der Waals surface area (Å²) in [5.74, 6) is 0. The van der Waals surface area contributed by atoms with Gasteiger partial charge in [-0.1, -0.05) is 11.6 Å². The fraction of sp³-hybridized carbons (Fsp3) is 0.500. The van der Waals surface area contributed by atoms with Crippen molar-refractivity contribution in [3.63, 3.8) is 0 Å². The summed E-state index contributed by atoms with van der Waals surface area (Å²) < 4.78 is 0. The molecule has 2 heterocycles. The first-order chi connectivity index (χ1) is 7.20. The third-order valence-corrected chi connectivity index (χ3v) is 4.12. The lowest BCUT2D eigenvalue weighted by Crippen LogP contribution is -2.44. The monoisotopic (exact) mass is 244 g/mol. The van der Waals surface area contributed by atoms with E-state index in [1.54, 1.807) is 6.07 Å². The molecule has 3 nitrogen and oxygen atoms in total. The van der Waals surface area contributed by atoms with Crippen LogP contribution in [0.25, 0.3) is 0 Å². The molecule has 0 saturated carbocycles. The van der Waals surface area contributed by atoms with Crippen molar-refractivity contribution in [2.75, 3.05) is 38.1 Å². The number of carbonyl (C=O) groups excluding carboxylic acids is 1. The maximum atomic E-state index is 10.6. The fourth-order valence-electron chi connectivity index (χ4n) is 1.66. The number of thiophene rings is 1. The molecular weight excluding hydrogens is 232 g/mol. The lowest BCUT2D eigenvalue weighted by Gasteiger charge is -2.33. The molecule has 0 unspecified atom stereocenters. The number of anilines is 1. The van der Waals surface area contributed by atoms with Crippen LogP contribution in [0.4, 0.5) is 5.00 Å². The van der Waals surface area contributed by atoms with Crippen LogP contribution in [0.3, 0.4) is 0 Å². The minimum Gasteiger partial charge on any atom is -0.360 e. The molecule has 1 aliphatic rings. The Labute approximate surface area is 98.2 Å². The fourth-order valence-corrected chi connectivity index (χ4v) is 2.99. The Morgan fingerprint density at radius 3 is 2.60 bits per heavy atom. The van der Waals surface area contributed by atoms with Crippen LogP contribution in [0.5, 0.6) is 0 Å². The minimum absolute atomic E-state index is 0.701. The van der Waals surface area contributed by atoms with E-state index in [1.165, 1.54) is 11.3 Å². The van der Waals surface area contributed by atoms with Crippen molar-refractivity contribution in [3.05, 3.63) is 16.0 Å². The van der Waals surface area contributed by atoms with Gasteiger partial charge in [0.05, 0.1) is 9.90 Å². The topological polar surface area (TPSA) is 23.6 Å². The van der Waals surface area contributed by atoms with E-state index in [1.807, 2.05) is 0 Å². The van der Waals surface area contributed by atoms with Gasteiger partial charge in [-0.3, -0.25) is 4.79 Å². The van der Waals surface area contributed by atoms with Crippen LogP contribution in [0.1, 0.15) is 9.67 Å². The molecule has 2 rings (SSSR count). The van der Waals surface area contributed by atoms with Gasteiger partial charge in [-0.2, -0.15) is 0 Å². The molecule has 1 aliphatic heterocycles. The largest absolute Gasteiger partial charge is 0.360 e. The van der Waals surface area contributed by atoms with E-state index < -0.39 is 0 Å². The molecule has 82 valence electrons. The van der Waals surface area contributed by atoms with Crippen LogP contribution in [0, 0.1) is 0 Å². The van der Waals surface area contributed by atoms with Crippen molar-refractivity contribution in [1.82, 2.24) is 4.90 Å². The highest BCUT2D eigenvalue weighted by Gasteiger charge is 2.18. The van der Waals surface area contributed by atoms with Gasteiger partial charge in [0.1, 0.15) is 5.00 Å². The standard InChI is InChI=1S/C10H13ClN2OS/c1-12-2-4-13(5-3-12)10-9(11)6-8(7-14)15-10/h6-7H,2-5H2,1H3. The summed E-state index contributed by atoms with van der Waals surface area (Å²) in [5, 5.41) is 1.73. The number of carbonyl (C=O) groups is 1. The molecule has 0 N–H and O–H groups in total. The maximum absolute atomic E-state index is 10.6. The zero-order chi connectivity index (χ0) is 10.8. The second kappa shape index (κ2) is 4.51. The number of likely N-dealkylation sites (N-methyl/N-ethyl adjacent to an activating group) is 1. The average molecular weight is 245 g/mol. The molecule has 0 amide bonds. The SMILES string of the molecule is CN1CCN(c2sc(C=O)cc2Cl)CC1. The molecule has 0 radical (unpaired) electrons. The van der Waals surface area contributed by atoms with E-state index in [-0.39, 0.29) is 0 Å². The molecule has 15 heavy (non-hydrogen) atoms. The van der Waals surface area contributed by atoms with E-state index >= 15 is 0 Å². The Bertz CT molecular complexity index is 358. The second-order valence-corrected chi connectivity index (χ2v) is 5.18. The highest BCUT2D eigenvalue weighted by Crippen LogP contribution is 2.35. The van der Waals surface area contributed by atoms with E-state index in [0.717, 1.165) is 37.5 Å². The molecule has 0 aromatic carbocycles. The number of piperazine rings is 1. The Morgan fingerprint density at radius 2 is 2.07 bits per heavy atom. The van der Waals surface area contributed by atoms with Gasteiger partial charge in [0, 0.05) is 26.2 Å². The number of halogens is 1. The predicted molar refractivity (Wildman–Crippen MR) is 64.4 cm³/mol. The van der Waals surface area contributed by atoms with Gasteiger partial charge in [0.15, 0.2) is 6.29 Å². The zero-order valence-corrected chi connectivity index (χ0v) is 10.1. The molecule has 5 heteroatoms. The summed E-state index contributed by atoms with van der Waals surface area (Å²) in [5.41, 5.74) is 0.